The summed E-state index contributed by atoms with van der Waals surface area (Å²) < 4.78 is 103. The molecule has 0 bridgehead atoms. The Morgan fingerprint density at radius 2 is 1.03 bits per heavy atom. The standard InChI is InChI=1S/C24H34N3O10PS.C24H33N3O7S.2Na/c1-17(2)13-27(39(32,33)20-10-8-19(25)9-11-20)14-22(37-38(29,30)31)21(12-18-6-4-3-5-7-18)26-24(28)36-23-15-34-16-35-23;1-17(2)13-27(35(30,31)20-10-8-19(25)9-11-20)14-22(28)21(12-18-6-4-3-5-7-18)26-24(29)34-23-15-32-16-33-23;;/h3-11,17,21-23H,12-16,25H2,1-2H3,(H,26,28)(H2,29,30,31);3-11,17,21-23,28H,12-16,25H2,1-2H3,(H,26,29);;/q;;2*+1/p-2. The molecule has 0 radical (unpaired) electrons. The molecular formula is C48H65N6Na2O17PS2. The number of amides is 2. The van der Waals surface area contributed by atoms with Crippen LogP contribution in [-0.2, 0) is 70.4 Å². The molecule has 6 rings (SSSR count). The molecule has 6 unspecified atom stereocenters. The average molecular weight is 1140 g/mol. The molecule has 4 aromatic carbocycles. The number of hydrogen-bond donors (Lipinski definition) is 5. The number of rotatable bonds is 24. The number of hydrogen-bond acceptors (Lipinski definition) is 19. The van der Waals surface area contributed by atoms with Gasteiger partial charge in [-0.15, -0.1) is 0 Å². The number of alkyl carbamates (subject to hydrolysis) is 2. The maximum atomic E-state index is 13.6. The van der Waals surface area contributed by atoms with Gasteiger partial charge in [-0.2, -0.15) is 8.61 Å². The number of nitrogens with one attached hydrogen (secondary N) is 2. The minimum atomic E-state index is -5.65. The fourth-order valence-electron chi connectivity index (χ4n) is 7.54. The van der Waals surface area contributed by atoms with E-state index in [1.165, 1.54) is 52.8 Å². The number of carbonyl (C=O) groups is 2. The Morgan fingerprint density at radius 3 is 1.39 bits per heavy atom. The largest absolute Gasteiger partial charge is 1.00 e. The fourth-order valence-corrected chi connectivity index (χ4v) is 11.3. The van der Waals surface area contributed by atoms with Crippen LogP contribution < -0.4 is 91.0 Å². The number of nitrogen functional groups attached to an aromatic ring is 2. The van der Waals surface area contributed by atoms with Crippen LogP contribution in [0.25, 0.3) is 0 Å². The number of nitrogens with two attached hydrogens (primary N) is 2. The molecular weight excluding hydrogens is 1070 g/mol. The summed E-state index contributed by atoms with van der Waals surface area (Å²) >= 11 is 0. The van der Waals surface area contributed by atoms with E-state index in [4.69, 9.17) is 44.4 Å². The summed E-state index contributed by atoms with van der Waals surface area (Å²) in [7, 11) is -13.8. The molecule has 2 fully saturated rings. The summed E-state index contributed by atoms with van der Waals surface area (Å²) in [5.41, 5.74) is 13.7. The number of benzene rings is 4. The molecule has 28 heteroatoms. The van der Waals surface area contributed by atoms with Crippen molar-refractivity contribution in [3.05, 3.63) is 120 Å². The van der Waals surface area contributed by atoms with Crippen molar-refractivity contribution in [3.63, 3.8) is 0 Å². The molecule has 0 spiro atoms. The third-order valence-corrected chi connectivity index (χ3v) is 15.2. The second-order valence-electron chi connectivity index (χ2n) is 18.1. The molecule has 23 nitrogen and oxygen atoms in total. The maximum absolute atomic E-state index is 13.6. The number of ether oxygens (including phenoxy) is 6. The van der Waals surface area contributed by atoms with Gasteiger partial charge >= 0.3 is 71.3 Å². The van der Waals surface area contributed by atoms with Crippen molar-refractivity contribution in [1.29, 1.82) is 0 Å². The van der Waals surface area contributed by atoms with E-state index in [-0.39, 0.29) is 140 Å². The Labute approximate surface area is 488 Å². The first kappa shape index (κ1) is 67.0. The van der Waals surface area contributed by atoms with Crippen LogP contribution in [0, 0.1) is 11.8 Å². The van der Waals surface area contributed by atoms with Gasteiger partial charge in [0, 0.05) is 37.6 Å². The van der Waals surface area contributed by atoms with Gasteiger partial charge in [0.15, 0.2) is 13.6 Å². The fraction of sp³-hybridized carbons (Fsp3) is 0.458. The topological polar surface area (TPSA) is 333 Å². The van der Waals surface area contributed by atoms with Crippen LogP contribution in [0.5, 0.6) is 0 Å². The van der Waals surface area contributed by atoms with Crippen molar-refractivity contribution in [1.82, 2.24) is 19.2 Å². The Morgan fingerprint density at radius 1 is 0.645 bits per heavy atom. The predicted octanol–water partition coefficient (Wildman–Crippen LogP) is -3.25. The van der Waals surface area contributed by atoms with E-state index in [1.54, 1.807) is 44.2 Å². The first-order chi connectivity index (χ1) is 35.0. The number of anilines is 2. The Kier molecular flexibility index (Phi) is 28.3. The molecule has 76 heavy (non-hydrogen) atoms. The quantitative estimate of drug-likeness (QED) is 0.0261. The van der Waals surface area contributed by atoms with Gasteiger partial charge in [-0.3, -0.25) is 0 Å². The van der Waals surface area contributed by atoms with E-state index in [0.29, 0.717) is 16.9 Å². The van der Waals surface area contributed by atoms with Crippen molar-refractivity contribution in [2.45, 2.75) is 87.2 Å². The van der Waals surface area contributed by atoms with Crippen LogP contribution in [0.2, 0.25) is 0 Å². The zero-order valence-corrected chi connectivity index (χ0v) is 49.9. The molecule has 2 heterocycles. The third kappa shape index (κ3) is 22.5. The normalized spacial score (nSPS) is 17.4. The molecule has 2 saturated heterocycles. The van der Waals surface area contributed by atoms with Gasteiger partial charge < -0.3 is 74.5 Å². The van der Waals surface area contributed by atoms with E-state index in [0.717, 1.165) is 9.87 Å². The van der Waals surface area contributed by atoms with E-state index < -0.39 is 83.5 Å². The SMILES string of the molecule is CC(C)CN(CC(O)C(Cc1ccccc1)NC(=O)OC1COCO1)S(=O)(=O)c1ccc(N)cc1.CC(C)CN(CC(OP(=O)([O-])[O-])C(Cc1ccccc1)NC(=O)OC1COCO1)S(=O)(=O)c1ccc(N)cc1.[Na+].[Na+]. The van der Waals surface area contributed by atoms with Gasteiger partial charge in [0.05, 0.1) is 41.9 Å². The van der Waals surface area contributed by atoms with E-state index >= 15 is 0 Å². The number of aliphatic hydroxyl groups excluding tert-OH is 1. The second kappa shape index (κ2) is 32.1. The molecule has 7 N–H and O–H groups in total. The van der Waals surface area contributed by atoms with Gasteiger partial charge in [0.1, 0.15) is 13.2 Å². The van der Waals surface area contributed by atoms with Crippen molar-refractivity contribution >= 4 is 51.4 Å². The predicted molar refractivity (Wildman–Crippen MR) is 266 cm³/mol. The first-order valence-electron chi connectivity index (χ1n) is 23.5. The number of phosphoric ester groups is 1. The van der Waals surface area contributed by atoms with Crippen molar-refractivity contribution in [2.24, 2.45) is 11.8 Å². The molecule has 0 aromatic heterocycles. The molecule has 0 aliphatic carbocycles. The number of sulfonamides is 2. The molecule has 6 atom stereocenters. The Hall–Kier alpha value is -3.25. The summed E-state index contributed by atoms with van der Waals surface area (Å²) in [6, 6.07) is 27.3. The summed E-state index contributed by atoms with van der Waals surface area (Å²) in [4.78, 5) is 48.8. The van der Waals surface area contributed by atoms with E-state index in [2.05, 4.69) is 10.6 Å². The van der Waals surface area contributed by atoms with Crippen molar-refractivity contribution in [3.8, 4) is 0 Å². The summed E-state index contributed by atoms with van der Waals surface area (Å²) in [5, 5.41) is 16.3. The summed E-state index contributed by atoms with van der Waals surface area (Å²) in [6.07, 6.45) is -6.22. The van der Waals surface area contributed by atoms with Crippen LogP contribution in [0.3, 0.4) is 0 Å². The monoisotopic (exact) mass is 1140 g/mol. The van der Waals surface area contributed by atoms with Crippen LogP contribution in [0.1, 0.15) is 38.8 Å². The van der Waals surface area contributed by atoms with Crippen molar-refractivity contribution in [2.75, 3.05) is 64.4 Å². The molecule has 2 amide bonds. The Balaban J connectivity index is 0.000000392. The van der Waals surface area contributed by atoms with Gasteiger partial charge in [-0.05, 0) is 84.3 Å². The van der Waals surface area contributed by atoms with Crippen molar-refractivity contribution < 1.29 is 138 Å². The minimum Gasteiger partial charge on any atom is -0.790 e. The molecule has 0 saturated carbocycles. The van der Waals surface area contributed by atoms with Crippen LogP contribution in [0.4, 0.5) is 21.0 Å². The summed E-state index contributed by atoms with van der Waals surface area (Å²) in [6.45, 7) is 6.73. The third-order valence-electron chi connectivity index (χ3n) is 11.0. The van der Waals surface area contributed by atoms with E-state index in [1.807, 2.05) is 44.2 Å². The van der Waals surface area contributed by atoms with Crippen LogP contribution in [0.15, 0.2) is 119 Å². The van der Waals surface area contributed by atoms with Crippen LogP contribution >= 0.6 is 7.82 Å². The second-order valence-corrected chi connectivity index (χ2v) is 23.1. The molecule has 408 valence electrons. The van der Waals surface area contributed by atoms with Gasteiger partial charge in [0.25, 0.3) is 0 Å². The number of phosphoric acid groups is 1. The maximum Gasteiger partial charge on any atom is 1.00 e. The zero-order valence-electron chi connectivity index (χ0n) is 43.4. The number of aliphatic hydroxyl groups is 1. The first-order valence-corrected chi connectivity index (χ1v) is 27.8. The number of nitrogens with zero attached hydrogens (tertiary/aromatic N) is 2. The molecule has 4 aromatic rings. The molecule has 2 aliphatic heterocycles. The molecule has 2 aliphatic rings. The average Bonchev–Trinajstić information content (AvgIpc) is 4.06. The Bertz CT molecular complexity index is 2640. The van der Waals surface area contributed by atoms with Gasteiger partial charge in [0.2, 0.25) is 32.6 Å². The number of carbonyl (C=O) groups excluding carboxylic acids is 2. The van der Waals surface area contributed by atoms with Gasteiger partial charge in [-0.1, -0.05) is 88.4 Å². The zero-order chi connectivity index (χ0) is 54.1. The van der Waals surface area contributed by atoms with Crippen LogP contribution in [-0.4, -0.2) is 133 Å². The van der Waals surface area contributed by atoms with E-state index in [9.17, 15) is 45.9 Å². The smallest absolute Gasteiger partial charge is 0.790 e. The van der Waals surface area contributed by atoms with Gasteiger partial charge in [-0.25, -0.2) is 26.4 Å². The minimum absolute atomic E-state index is 0. The summed E-state index contributed by atoms with van der Waals surface area (Å²) in [5.74, 6) is -0.193.